The first-order valence-electron chi connectivity index (χ1n) is 14.9. The van der Waals surface area contributed by atoms with E-state index in [1.807, 2.05) is 24.3 Å². The Balaban J connectivity index is 1.46. The third-order valence-corrected chi connectivity index (χ3v) is 8.87. The summed E-state index contributed by atoms with van der Waals surface area (Å²) < 4.78 is 1.80. The first-order valence-corrected chi connectivity index (χ1v) is 14.9. The lowest BCUT2D eigenvalue weighted by atomic mass is 9.94. The minimum atomic E-state index is -0.0723. The van der Waals surface area contributed by atoms with Gasteiger partial charge in [-0.25, -0.2) is 4.98 Å². The molecule has 0 atom stereocenters. The number of aromatic nitrogens is 2. The summed E-state index contributed by atoms with van der Waals surface area (Å²) >= 11 is 0. The molecule has 0 unspecified atom stereocenters. The number of nitrogens with zero attached hydrogens (tertiary/aromatic N) is 2. The smallest absolute Gasteiger partial charge is 0.264 e. The van der Waals surface area contributed by atoms with Gasteiger partial charge in [0.05, 0.1) is 11.0 Å². The lowest BCUT2D eigenvalue weighted by Gasteiger charge is -2.12. The molecule has 212 valence electrons. The predicted octanol–water partition coefficient (Wildman–Crippen LogP) is 10.5. The van der Waals surface area contributed by atoms with Gasteiger partial charge in [-0.2, -0.15) is 0 Å². The Bertz CT molecular complexity index is 2520. The summed E-state index contributed by atoms with van der Waals surface area (Å²) in [6.07, 6.45) is 5.52. The zero-order valence-corrected chi connectivity index (χ0v) is 24.6. The second-order valence-electron chi connectivity index (χ2n) is 11.3. The van der Waals surface area contributed by atoms with Crippen molar-refractivity contribution in [3.63, 3.8) is 0 Å². The molecule has 6 aromatic carbocycles. The maximum atomic E-state index is 14.5. The fourth-order valence-electron chi connectivity index (χ4n) is 6.50. The molecule has 0 aliphatic rings. The summed E-state index contributed by atoms with van der Waals surface area (Å²) in [5.74, 6) is 0. The standard InChI is InChI=1S/C42H28N2O/c1-4-26-10-16-29(17-11-26)32-24-37(31-20-14-28(6-3)15-21-31)40-38(25-32)44-41(43-40)35-9-7-8-34-33(22-23-36(39(34)35)42(44)45)30-18-12-27(5-2)13-19-30/h4-25H,1-3H2. The van der Waals surface area contributed by atoms with Crippen LogP contribution < -0.4 is 5.56 Å². The van der Waals surface area contributed by atoms with E-state index in [0.29, 0.717) is 11.0 Å². The van der Waals surface area contributed by atoms with Gasteiger partial charge in [0.2, 0.25) is 0 Å². The number of fused-ring (bicyclic) bond motifs is 4. The fourth-order valence-corrected chi connectivity index (χ4v) is 6.50. The second kappa shape index (κ2) is 10.3. The van der Waals surface area contributed by atoms with E-state index < -0.39 is 0 Å². The van der Waals surface area contributed by atoms with E-state index in [-0.39, 0.29) is 5.56 Å². The summed E-state index contributed by atoms with van der Waals surface area (Å²) in [5, 5.41) is 3.60. The molecule has 0 saturated carbocycles. The topological polar surface area (TPSA) is 34.4 Å². The average Bonchev–Trinajstić information content (AvgIpc) is 3.50. The summed E-state index contributed by atoms with van der Waals surface area (Å²) in [5.41, 5.74) is 11.6. The molecule has 0 saturated heterocycles. The largest absolute Gasteiger partial charge is 0.268 e. The summed E-state index contributed by atoms with van der Waals surface area (Å²) in [6.45, 7) is 11.7. The maximum absolute atomic E-state index is 14.5. The van der Waals surface area contributed by atoms with Crippen LogP contribution in [0, 0.1) is 0 Å². The SMILES string of the molecule is C=Cc1ccc(-c2cc(-c3ccc(C=C)cc3)c3nc4c5cccc6c(-c7ccc(C=C)cc7)ccc(c(=O)n4c3c2)c65)cc1. The molecule has 2 aromatic heterocycles. The van der Waals surface area contributed by atoms with Gasteiger partial charge in [0.25, 0.3) is 5.56 Å². The Morgan fingerprint density at radius 3 is 1.69 bits per heavy atom. The number of imidazole rings is 1. The van der Waals surface area contributed by atoms with Gasteiger partial charge in [0.15, 0.2) is 0 Å². The van der Waals surface area contributed by atoms with E-state index in [0.717, 1.165) is 77.3 Å². The highest BCUT2D eigenvalue weighted by Gasteiger charge is 2.21. The van der Waals surface area contributed by atoms with E-state index in [9.17, 15) is 4.79 Å². The molecule has 3 nitrogen and oxygen atoms in total. The van der Waals surface area contributed by atoms with Crippen molar-refractivity contribution in [2.45, 2.75) is 0 Å². The van der Waals surface area contributed by atoms with Gasteiger partial charge in [-0.15, -0.1) is 0 Å². The molecule has 0 spiro atoms. The highest BCUT2D eigenvalue weighted by molar-refractivity contribution is 6.19. The van der Waals surface area contributed by atoms with E-state index in [1.54, 1.807) is 4.40 Å². The molecule has 0 N–H and O–H groups in total. The molecule has 0 amide bonds. The molecule has 45 heavy (non-hydrogen) atoms. The van der Waals surface area contributed by atoms with E-state index in [4.69, 9.17) is 4.98 Å². The van der Waals surface area contributed by atoms with Crippen LogP contribution in [0.2, 0.25) is 0 Å². The molecule has 0 radical (unpaired) electrons. The first kappa shape index (κ1) is 26.6. The van der Waals surface area contributed by atoms with Crippen LogP contribution in [0.3, 0.4) is 0 Å². The third kappa shape index (κ3) is 4.13. The van der Waals surface area contributed by atoms with Crippen LogP contribution in [0.15, 0.2) is 140 Å². The molecule has 0 aliphatic carbocycles. The summed E-state index contributed by atoms with van der Waals surface area (Å²) in [6, 6.07) is 39.5. The monoisotopic (exact) mass is 576 g/mol. The van der Waals surface area contributed by atoms with Crippen LogP contribution in [0.4, 0.5) is 0 Å². The minimum Gasteiger partial charge on any atom is -0.268 e. The number of rotatable bonds is 6. The van der Waals surface area contributed by atoms with Crippen molar-refractivity contribution in [2.75, 3.05) is 0 Å². The van der Waals surface area contributed by atoms with Crippen molar-refractivity contribution in [1.29, 1.82) is 0 Å². The number of hydrogen-bond acceptors (Lipinski definition) is 2. The van der Waals surface area contributed by atoms with E-state index >= 15 is 0 Å². The average molecular weight is 577 g/mol. The Hall–Kier alpha value is -6.06. The quantitative estimate of drug-likeness (QED) is 0.197. The number of hydrogen-bond donors (Lipinski definition) is 0. The molecule has 2 heterocycles. The van der Waals surface area contributed by atoms with Crippen LogP contribution in [0.25, 0.3) is 89.8 Å². The van der Waals surface area contributed by atoms with Crippen LogP contribution in [0.1, 0.15) is 16.7 Å². The van der Waals surface area contributed by atoms with Crippen LogP contribution in [-0.4, -0.2) is 9.38 Å². The van der Waals surface area contributed by atoms with Gasteiger partial charge in [-0.05, 0) is 68.1 Å². The highest BCUT2D eigenvalue weighted by Crippen LogP contribution is 2.39. The zero-order valence-electron chi connectivity index (χ0n) is 24.6. The number of pyridine rings is 1. The molecular formula is C42H28N2O. The van der Waals surface area contributed by atoms with E-state index in [1.165, 1.54) is 0 Å². The van der Waals surface area contributed by atoms with Crippen molar-refractivity contribution < 1.29 is 0 Å². The van der Waals surface area contributed by atoms with Crippen molar-refractivity contribution in [3.05, 3.63) is 162 Å². The Kier molecular flexibility index (Phi) is 6.07. The van der Waals surface area contributed by atoms with Crippen molar-refractivity contribution in [3.8, 4) is 33.4 Å². The summed E-state index contributed by atoms with van der Waals surface area (Å²) in [7, 11) is 0. The normalized spacial score (nSPS) is 11.5. The maximum Gasteiger partial charge on any atom is 0.264 e. The van der Waals surface area contributed by atoms with Gasteiger partial charge in [-0.1, -0.05) is 135 Å². The third-order valence-electron chi connectivity index (χ3n) is 8.87. The van der Waals surface area contributed by atoms with Crippen molar-refractivity contribution >= 4 is 56.5 Å². The first-order chi connectivity index (χ1) is 22.1. The van der Waals surface area contributed by atoms with Crippen LogP contribution in [0.5, 0.6) is 0 Å². The molecule has 8 rings (SSSR count). The van der Waals surface area contributed by atoms with Crippen LogP contribution >= 0.6 is 0 Å². The zero-order chi connectivity index (χ0) is 30.7. The van der Waals surface area contributed by atoms with Crippen molar-refractivity contribution in [2.24, 2.45) is 0 Å². The predicted molar refractivity (Wildman–Crippen MR) is 192 cm³/mol. The lowest BCUT2D eigenvalue weighted by Crippen LogP contribution is -2.13. The van der Waals surface area contributed by atoms with Crippen LogP contribution in [-0.2, 0) is 0 Å². The highest BCUT2D eigenvalue weighted by atomic mass is 16.1. The molecular weight excluding hydrogens is 548 g/mol. The van der Waals surface area contributed by atoms with Gasteiger partial charge < -0.3 is 0 Å². The molecule has 3 heteroatoms. The lowest BCUT2D eigenvalue weighted by molar-refractivity contribution is 1.19. The molecule has 0 bridgehead atoms. The fraction of sp³-hybridized carbons (Fsp3) is 0. The van der Waals surface area contributed by atoms with Gasteiger partial charge in [0.1, 0.15) is 5.65 Å². The summed E-state index contributed by atoms with van der Waals surface area (Å²) in [4.78, 5) is 19.7. The van der Waals surface area contributed by atoms with Gasteiger partial charge in [-0.3, -0.25) is 9.20 Å². The van der Waals surface area contributed by atoms with Gasteiger partial charge >= 0.3 is 0 Å². The molecule has 0 fully saturated rings. The Morgan fingerprint density at radius 1 is 0.533 bits per heavy atom. The number of benzene rings is 6. The molecule has 8 aromatic rings. The van der Waals surface area contributed by atoms with Gasteiger partial charge in [0, 0.05) is 21.7 Å². The minimum absolute atomic E-state index is 0.0723. The van der Waals surface area contributed by atoms with E-state index in [2.05, 4.69) is 129 Å². The Morgan fingerprint density at radius 2 is 1.09 bits per heavy atom. The van der Waals surface area contributed by atoms with Crippen molar-refractivity contribution in [1.82, 2.24) is 9.38 Å². The second-order valence-corrected chi connectivity index (χ2v) is 11.3. The Labute approximate surface area is 260 Å². The molecule has 0 aliphatic heterocycles.